The largest absolute Gasteiger partial charge is 0.423 e. The molecule has 4 rings (SSSR count). The van der Waals surface area contributed by atoms with Crippen molar-refractivity contribution >= 4 is 28.6 Å². The molecule has 0 unspecified atom stereocenters. The van der Waals surface area contributed by atoms with Gasteiger partial charge in [-0.2, -0.15) is 0 Å². The van der Waals surface area contributed by atoms with E-state index in [-0.39, 0.29) is 0 Å². The average molecular weight is 392 g/mol. The number of rotatable bonds is 4. The first kappa shape index (κ1) is 18.2. The molecular formula is C22H18ClN3O2. The molecule has 1 heterocycles. The number of carbonyl (C=O) groups is 1. The van der Waals surface area contributed by atoms with Crippen LogP contribution in [0.3, 0.4) is 0 Å². The summed E-state index contributed by atoms with van der Waals surface area (Å²) in [5.74, 6) is 0.0847. The van der Waals surface area contributed by atoms with Crippen LogP contribution in [0.5, 0.6) is 5.75 Å². The van der Waals surface area contributed by atoms with Crippen molar-refractivity contribution in [3.63, 3.8) is 0 Å². The minimum atomic E-state index is -0.404. The van der Waals surface area contributed by atoms with E-state index in [0.717, 1.165) is 27.7 Å². The summed E-state index contributed by atoms with van der Waals surface area (Å²) in [6.45, 7) is 4.34. The number of esters is 1. The van der Waals surface area contributed by atoms with Gasteiger partial charge in [0.15, 0.2) is 0 Å². The van der Waals surface area contributed by atoms with Crippen LogP contribution in [0.1, 0.15) is 27.0 Å². The zero-order chi connectivity index (χ0) is 19.7. The van der Waals surface area contributed by atoms with Gasteiger partial charge in [0.2, 0.25) is 0 Å². The zero-order valence-electron chi connectivity index (χ0n) is 15.5. The third-order valence-electron chi connectivity index (χ3n) is 4.56. The highest BCUT2D eigenvalue weighted by molar-refractivity contribution is 6.32. The molecule has 140 valence electrons. The highest BCUT2D eigenvalue weighted by Crippen LogP contribution is 2.26. The molecule has 0 spiro atoms. The first-order chi connectivity index (χ1) is 13.5. The van der Waals surface area contributed by atoms with E-state index in [2.05, 4.69) is 10.3 Å². The van der Waals surface area contributed by atoms with Crippen LogP contribution in [0.15, 0.2) is 60.7 Å². The smallest absolute Gasteiger partial charge is 0.343 e. The van der Waals surface area contributed by atoms with E-state index in [1.165, 1.54) is 0 Å². The fraction of sp³-hybridized carbons (Fsp3) is 0.136. The van der Waals surface area contributed by atoms with Gasteiger partial charge in [-0.15, -0.1) is 5.10 Å². The molecule has 0 aliphatic carbocycles. The Labute approximate surface area is 167 Å². The van der Waals surface area contributed by atoms with Gasteiger partial charge in [-0.3, -0.25) is 0 Å². The number of benzene rings is 3. The van der Waals surface area contributed by atoms with Gasteiger partial charge in [0.1, 0.15) is 11.3 Å². The fourth-order valence-electron chi connectivity index (χ4n) is 3.08. The maximum absolute atomic E-state index is 12.4. The number of aromatic nitrogens is 3. The first-order valence-corrected chi connectivity index (χ1v) is 9.25. The van der Waals surface area contributed by atoms with Crippen LogP contribution in [0.2, 0.25) is 5.02 Å². The first-order valence-electron chi connectivity index (χ1n) is 8.87. The van der Waals surface area contributed by atoms with E-state index >= 15 is 0 Å². The van der Waals surface area contributed by atoms with Crippen LogP contribution < -0.4 is 4.74 Å². The zero-order valence-corrected chi connectivity index (χ0v) is 16.3. The van der Waals surface area contributed by atoms with Crippen molar-refractivity contribution in [2.45, 2.75) is 20.4 Å². The Hall–Kier alpha value is -3.18. The molecular weight excluding hydrogens is 374 g/mol. The molecule has 6 heteroatoms. The molecule has 0 atom stereocenters. The molecule has 5 nitrogen and oxygen atoms in total. The van der Waals surface area contributed by atoms with E-state index in [9.17, 15) is 4.79 Å². The summed E-state index contributed by atoms with van der Waals surface area (Å²) >= 11 is 6.16. The van der Waals surface area contributed by atoms with Crippen LogP contribution in [-0.2, 0) is 6.54 Å². The minimum Gasteiger partial charge on any atom is -0.423 e. The van der Waals surface area contributed by atoms with Gasteiger partial charge in [-0.1, -0.05) is 41.1 Å². The quantitative estimate of drug-likeness (QED) is 0.364. The summed E-state index contributed by atoms with van der Waals surface area (Å²) < 4.78 is 7.33. The number of hydrogen-bond acceptors (Lipinski definition) is 4. The summed E-state index contributed by atoms with van der Waals surface area (Å²) in [6, 6.07) is 18.6. The molecule has 0 saturated carbocycles. The lowest BCUT2D eigenvalue weighted by Crippen LogP contribution is -2.09. The molecule has 3 aromatic carbocycles. The Morgan fingerprint density at radius 1 is 1.04 bits per heavy atom. The summed E-state index contributed by atoms with van der Waals surface area (Å²) in [7, 11) is 0. The second kappa shape index (κ2) is 7.44. The van der Waals surface area contributed by atoms with Gasteiger partial charge in [0, 0.05) is 5.02 Å². The number of hydrogen-bond donors (Lipinski definition) is 0. The Bertz CT molecular complexity index is 1140. The molecule has 4 aromatic rings. The Balaban J connectivity index is 1.49. The molecule has 1 aromatic heterocycles. The predicted molar refractivity (Wildman–Crippen MR) is 109 cm³/mol. The Kier molecular flexibility index (Phi) is 4.84. The van der Waals surface area contributed by atoms with Crippen molar-refractivity contribution < 1.29 is 9.53 Å². The van der Waals surface area contributed by atoms with Crippen molar-refractivity contribution in [1.29, 1.82) is 0 Å². The van der Waals surface area contributed by atoms with Crippen LogP contribution in [-0.4, -0.2) is 21.0 Å². The van der Waals surface area contributed by atoms with Crippen molar-refractivity contribution in [2.24, 2.45) is 0 Å². The van der Waals surface area contributed by atoms with Gasteiger partial charge in [-0.25, -0.2) is 9.48 Å². The number of halogens is 1. The topological polar surface area (TPSA) is 57.0 Å². The van der Waals surface area contributed by atoms with E-state index in [1.54, 1.807) is 24.3 Å². The van der Waals surface area contributed by atoms with Gasteiger partial charge >= 0.3 is 5.97 Å². The van der Waals surface area contributed by atoms with Crippen LogP contribution >= 0.6 is 11.6 Å². The van der Waals surface area contributed by atoms with Crippen molar-refractivity contribution in [3.8, 4) is 5.75 Å². The van der Waals surface area contributed by atoms with Crippen LogP contribution in [0.4, 0.5) is 0 Å². The molecule has 0 fully saturated rings. The molecule has 0 aliphatic heterocycles. The van der Waals surface area contributed by atoms with Crippen molar-refractivity contribution in [2.75, 3.05) is 0 Å². The van der Waals surface area contributed by atoms with Gasteiger partial charge in [-0.05, 0) is 66.9 Å². The number of nitrogens with zero attached hydrogens (tertiary/aromatic N) is 3. The Morgan fingerprint density at radius 3 is 2.43 bits per heavy atom. The summed E-state index contributed by atoms with van der Waals surface area (Å²) in [4.78, 5) is 12.4. The summed E-state index contributed by atoms with van der Waals surface area (Å²) in [6.07, 6.45) is 0. The number of ether oxygens (including phenoxy) is 1. The average Bonchev–Trinajstić information content (AvgIpc) is 3.09. The normalized spacial score (nSPS) is 11.0. The van der Waals surface area contributed by atoms with Crippen molar-refractivity contribution in [1.82, 2.24) is 15.0 Å². The third kappa shape index (κ3) is 3.62. The highest BCUT2D eigenvalue weighted by Gasteiger charge is 2.11. The monoisotopic (exact) mass is 391 g/mol. The Morgan fingerprint density at radius 2 is 1.71 bits per heavy atom. The van der Waals surface area contributed by atoms with Gasteiger partial charge in [0.05, 0.1) is 17.6 Å². The third-order valence-corrected chi connectivity index (χ3v) is 5.16. The van der Waals surface area contributed by atoms with E-state index in [4.69, 9.17) is 16.3 Å². The van der Waals surface area contributed by atoms with E-state index < -0.39 is 5.97 Å². The number of carbonyl (C=O) groups excluding carboxylic acids is 1. The summed E-state index contributed by atoms with van der Waals surface area (Å²) in [5, 5.41) is 9.03. The standard InChI is InChI=1S/C22H18ClN3O2/c1-14-11-18(12-15(2)21(14)23)28-22(27)17-9-7-16(8-10-17)13-26-20-6-4-3-5-19(20)24-25-26/h3-12H,13H2,1-2H3. The lowest BCUT2D eigenvalue weighted by Gasteiger charge is -2.09. The lowest BCUT2D eigenvalue weighted by atomic mass is 10.1. The summed E-state index contributed by atoms with van der Waals surface area (Å²) in [5.41, 5.74) is 5.08. The molecule has 0 saturated heterocycles. The molecule has 0 bridgehead atoms. The predicted octanol–water partition coefficient (Wildman–Crippen LogP) is 4.97. The molecule has 0 radical (unpaired) electrons. The van der Waals surface area contributed by atoms with Gasteiger partial charge < -0.3 is 4.74 Å². The minimum absolute atomic E-state index is 0.404. The molecule has 0 N–H and O–H groups in total. The second-order valence-electron chi connectivity index (χ2n) is 6.69. The number of para-hydroxylation sites is 1. The number of aryl methyl sites for hydroxylation is 2. The molecule has 0 aliphatic rings. The van der Waals surface area contributed by atoms with Crippen LogP contribution in [0.25, 0.3) is 11.0 Å². The maximum atomic E-state index is 12.4. The lowest BCUT2D eigenvalue weighted by molar-refractivity contribution is 0.0734. The SMILES string of the molecule is Cc1cc(OC(=O)c2ccc(Cn3nnc4ccccc43)cc2)cc(C)c1Cl. The van der Waals surface area contributed by atoms with Crippen molar-refractivity contribution in [3.05, 3.63) is 87.9 Å². The fourth-order valence-corrected chi connectivity index (χ4v) is 3.19. The highest BCUT2D eigenvalue weighted by atomic mass is 35.5. The van der Waals surface area contributed by atoms with Gasteiger partial charge in [0.25, 0.3) is 0 Å². The van der Waals surface area contributed by atoms with E-state index in [0.29, 0.717) is 22.9 Å². The second-order valence-corrected chi connectivity index (χ2v) is 7.07. The molecule has 0 amide bonds. The number of fused-ring (bicyclic) bond motifs is 1. The molecule has 28 heavy (non-hydrogen) atoms. The van der Waals surface area contributed by atoms with Crippen LogP contribution in [0, 0.1) is 13.8 Å². The maximum Gasteiger partial charge on any atom is 0.343 e. The van der Waals surface area contributed by atoms with E-state index in [1.807, 2.05) is 54.9 Å².